The van der Waals surface area contributed by atoms with Crippen LogP contribution in [0.25, 0.3) is 83.1 Å². The smallest absolute Gasteiger partial charge is 0.0546 e. The Morgan fingerprint density at radius 2 is 0.677 bits per heavy atom. The molecule has 11 aromatic rings. The summed E-state index contributed by atoms with van der Waals surface area (Å²) in [4.78, 5) is 2.38. The molecule has 0 aliphatic rings. The molecule has 1 heterocycles. The van der Waals surface area contributed by atoms with Gasteiger partial charge in [-0.05, 0) is 105 Å². The van der Waals surface area contributed by atoms with Crippen LogP contribution in [0, 0.1) is 0 Å². The van der Waals surface area contributed by atoms with Crippen molar-refractivity contribution in [3.8, 4) is 61.3 Å². The lowest BCUT2D eigenvalue weighted by atomic mass is 9.92. The van der Waals surface area contributed by atoms with Gasteiger partial charge in [-0.2, -0.15) is 0 Å². The van der Waals surface area contributed by atoms with Gasteiger partial charge in [0.25, 0.3) is 0 Å². The third-order valence-corrected chi connectivity index (χ3v) is 12.0. The Hall–Kier alpha value is -8.20. The molecule has 0 saturated heterocycles. The van der Waals surface area contributed by atoms with Crippen LogP contribution in [0.5, 0.6) is 0 Å². The fourth-order valence-electron chi connectivity index (χ4n) is 9.13. The monoisotopic (exact) mass is 790 g/mol. The van der Waals surface area contributed by atoms with Crippen LogP contribution in [0.1, 0.15) is 0 Å². The Labute approximate surface area is 362 Å². The Balaban J connectivity index is 1.07. The molecule has 0 saturated carbocycles. The molecule has 62 heavy (non-hydrogen) atoms. The molecule has 0 unspecified atom stereocenters. The number of para-hydroxylation sites is 2. The van der Waals surface area contributed by atoms with E-state index >= 15 is 0 Å². The number of anilines is 3. The van der Waals surface area contributed by atoms with Gasteiger partial charge in [0.05, 0.1) is 16.7 Å². The summed E-state index contributed by atoms with van der Waals surface area (Å²) < 4.78 is 2.44. The predicted molar refractivity (Wildman–Crippen MR) is 263 cm³/mol. The van der Waals surface area contributed by atoms with Gasteiger partial charge in [0.2, 0.25) is 0 Å². The Morgan fingerprint density at radius 3 is 1.24 bits per heavy atom. The van der Waals surface area contributed by atoms with Crippen molar-refractivity contribution in [3.63, 3.8) is 0 Å². The summed E-state index contributed by atoms with van der Waals surface area (Å²) in [6.45, 7) is 0. The molecule has 292 valence electrons. The SMILES string of the molecule is c1ccc(-c2ccc(N(c3ccc(-c4cccc(-n5c6ccccc6c6ccccc65)c4-c4ccccc4)cc3)c3ccc(-c4ccccc4)c(-c4ccccc4)c3)cc2)cc1. The fraction of sp³-hybridized carbons (Fsp3) is 0. The zero-order valence-corrected chi connectivity index (χ0v) is 34.1. The standard InChI is InChI=1S/C60H42N2/c1-5-18-43(19-6-1)44-32-36-49(37-33-44)61(51-40-41-52(45-20-7-2-8-21-45)56(42-51)46-22-9-3-10-23-46)50-38-34-47(35-39-50)53-28-17-31-59(60(53)48-24-11-4-12-25-48)62-57-29-15-13-26-54(57)55-27-14-16-30-58(55)62/h1-42H. The van der Waals surface area contributed by atoms with Crippen LogP contribution in [0.2, 0.25) is 0 Å². The first kappa shape index (κ1) is 36.8. The minimum Gasteiger partial charge on any atom is -0.310 e. The van der Waals surface area contributed by atoms with Gasteiger partial charge in [-0.15, -0.1) is 0 Å². The minimum absolute atomic E-state index is 1.08. The van der Waals surface area contributed by atoms with E-state index in [2.05, 4.69) is 264 Å². The number of rotatable bonds is 9. The molecule has 11 rings (SSSR count). The van der Waals surface area contributed by atoms with Crippen LogP contribution in [0.15, 0.2) is 255 Å². The van der Waals surface area contributed by atoms with E-state index in [1.54, 1.807) is 0 Å². The van der Waals surface area contributed by atoms with Gasteiger partial charge in [-0.1, -0.05) is 200 Å². The maximum Gasteiger partial charge on any atom is 0.0546 e. The van der Waals surface area contributed by atoms with Crippen molar-refractivity contribution in [1.82, 2.24) is 4.57 Å². The van der Waals surface area contributed by atoms with Crippen LogP contribution in [-0.2, 0) is 0 Å². The lowest BCUT2D eigenvalue weighted by molar-refractivity contribution is 1.18. The van der Waals surface area contributed by atoms with Crippen LogP contribution >= 0.6 is 0 Å². The average molecular weight is 791 g/mol. The topological polar surface area (TPSA) is 8.17 Å². The summed E-state index contributed by atoms with van der Waals surface area (Å²) in [7, 11) is 0. The molecule has 0 bridgehead atoms. The first-order valence-corrected chi connectivity index (χ1v) is 21.3. The summed E-state index contributed by atoms with van der Waals surface area (Å²) in [6, 6.07) is 92.0. The molecule has 2 nitrogen and oxygen atoms in total. The molecular formula is C60H42N2. The largest absolute Gasteiger partial charge is 0.310 e. The first-order chi connectivity index (χ1) is 30.8. The van der Waals surface area contributed by atoms with Crippen LogP contribution in [-0.4, -0.2) is 4.57 Å². The molecule has 2 heteroatoms. The highest BCUT2D eigenvalue weighted by atomic mass is 15.1. The van der Waals surface area contributed by atoms with Crippen molar-refractivity contribution < 1.29 is 0 Å². The van der Waals surface area contributed by atoms with Gasteiger partial charge in [0, 0.05) is 33.4 Å². The van der Waals surface area contributed by atoms with E-state index in [-0.39, 0.29) is 0 Å². The third kappa shape index (κ3) is 6.74. The second-order valence-electron chi connectivity index (χ2n) is 15.7. The minimum atomic E-state index is 1.08. The van der Waals surface area contributed by atoms with Gasteiger partial charge >= 0.3 is 0 Å². The van der Waals surface area contributed by atoms with Crippen LogP contribution in [0.4, 0.5) is 17.1 Å². The summed E-state index contributed by atoms with van der Waals surface area (Å²) in [5.74, 6) is 0. The fourth-order valence-corrected chi connectivity index (χ4v) is 9.13. The number of hydrogen-bond acceptors (Lipinski definition) is 1. The molecular weight excluding hydrogens is 749 g/mol. The second kappa shape index (κ2) is 16.1. The third-order valence-electron chi connectivity index (χ3n) is 12.0. The Bertz CT molecular complexity index is 3240. The quantitative estimate of drug-likeness (QED) is 0.141. The van der Waals surface area contributed by atoms with Crippen molar-refractivity contribution in [2.24, 2.45) is 0 Å². The predicted octanol–water partition coefficient (Wildman–Crippen LogP) is 16.6. The average Bonchev–Trinajstić information content (AvgIpc) is 3.69. The number of benzene rings is 10. The van der Waals surface area contributed by atoms with E-state index in [0.717, 1.165) is 28.3 Å². The molecule has 0 N–H and O–H groups in total. The molecule has 10 aromatic carbocycles. The van der Waals surface area contributed by atoms with Crippen molar-refractivity contribution in [3.05, 3.63) is 255 Å². The van der Waals surface area contributed by atoms with Crippen molar-refractivity contribution in [2.75, 3.05) is 4.90 Å². The number of aromatic nitrogens is 1. The van der Waals surface area contributed by atoms with E-state index < -0.39 is 0 Å². The maximum atomic E-state index is 2.44. The molecule has 0 atom stereocenters. The summed E-state index contributed by atoms with van der Waals surface area (Å²) in [5, 5.41) is 2.50. The van der Waals surface area contributed by atoms with E-state index in [0.29, 0.717) is 0 Å². The van der Waals surface area contributed by atoms with E-state index in [1.807, 2.05) is 0 Å². The lowest BCUT2D eigenvalue weighted by Crippen LogP contribution is -2.10. The van der Waals surface area contributed by atoms with E-state index in [4.69, 9.17) is 0 Å². The second-order valence-corrected chi connectivity index (χ2v) is 15.7. The Kier molecular flexibility index (Phi) is 9.57. The number of hydrogen-bond donors (Lipinski definition) is 0. The zero-order valence-electron chi connectivity index (χ0n) is 34.1. The van der Waals surface area contributed by atoms with Crippen LogP contribution in [0.3, 0.4) is 0 Å². The van der Waals surface area contributed by atoms with Gasteiger partial charge in [0.1, 0.15) is 0 Å². The van der Waals surface area contributed by atoms with Crippen molar-refractivity contribution in [2.45, 2.75) is 0 Å². The highest BCUT2D eigenvalue weighted by Crippen LogP contribution is 2.44. The molecule has 0 aliphatic carbocycles. The molecule has 0 radical (unpaired) electrons. The summed E-state index contributed by atoms with van der Waals surface area (Å²) in [6.07, 6.45) is 0. The lowest BCUT2D eigenvalue weighted by Gasteiger charge is -2.27. The molecule has 0 fully saturated rings. The summed E-state index contributed by atoms with van der Waals surface area (Å²) >= 11 is 0. The van der Waals surface area contributed by atoms with E-state index in [9.17, 15) is 0 Å². The molecule has 1 aromatic heterocycles. The highest BCUT2D eigenvalue weighted by Gasteiger charge is 2.20. The van der Waals surface area contributed by atoms with Crippen LogP contribution < -0.4 is 4.90 Å². The van der Waals surface area contributed by atoms with Crippen molar-refractivity contribution >= 4 is 38.9 Å². The maximum absolute atomic E-state index is 2.44. The highest BCUT2D eigenvalue weighted by molar-refractivity contribution is 6.10. The molecule has 0 spiro atoms. The van der Waals surface area contributed by atoms with E-state index in [1.165, 1.54) is 71.9 Å². The first-order valence-electron chi connectivity index (χ1n) is 21.3. The van der Waals surface area contributed by atoms with Gasteiger partial charge < -0.3 is 9.47 Å². The number of nitrogens with zero attached hydrogens (tertiary/aromatic N) is 2. The van der Waals surface area contributed by atoms with Gasteiger partial charge in [0.15, 0.2) is 0 Å². The zero-order chi connectivity index (χ0) is 41.2. The molecule has 0 amide bonds. The summed E-state index contributed by atoms with van der Waals surface area (Å²) in [5.41, 5.74) is 18.6. The molecule has 0 aliphatic heterocycles. The normalized spacial score (nSPS) is 11.2. The van der Waals surface area contributed by atoms with Gasteiger partial charge in [-0.25, -0.2) is 0 Å². The number of fused-ring (bicyclic) bond motifs is 3. The van der Waals surface area contributed by atoms with Gasteiger partial charge in [-0.3, -0.25) is 0 Å². The van der Waals surface area contributed by atoms with Crippen molar-refractivity contribution in [1.29, 1.82) is 0 Å². The Morgan fingerprint density at radius 1 is 0.258 bits per heavy atom.